The number of hydrogen-bond donors (Lipinski definition) is 4. The van der Waals surface area contributed by atoms with Crippen LogP contribution in [0.4, 0.5) is 0 Å². The monoisotopic (exact) mass is 835 g/mol. The molecule has 0 bridgehead atoms. The molecule has 6 unspecified atom stereocenters. The maximum Gasteiger partial charge on any atom is 0.306 e. The number of esters is 1. The Bertz CT molecular complexity index is 1040. The number of hydrogen-bond acceptors (Lipinski definition) is 9. The zero-order valence-corrected chi connectivity index (χ0v) is 37.7. The van der Waals surface area contributed by atoms with Gasteiger partial charge in [-0.25, -0.2) is 0 Å². The van der Waals surface area contributed by atoms with E-state index in [1.165, 1.54) is 109 Å². The van der Waals surface area contributed by atoms with E-state index in [1.54, 1.807) is 0 Å². The lowest BCUT2D eigenvalue weighted by atomic mass is 9.99. The van der Waals surface area contributed by atoms with Crippen LogP contribution in [0.25, 0.3) is 0 Å². The topological polar surface area (TPSA) is 135 Å². The van der Waals surface area contributed by atoms with E-state index >= 15 is 0 Å². The zero-order valence-electron chi connectivity index (χ0n) is 37.7. The predicted octanol–water partition coefficient (Wildman–Crippen LogP) is 11.3. The molecule has 1 heterocycles. The number of ether oxygens (including phenoxy) is 4. The molecule has 4 N–H and O–H groups in total. The van der Waals surface area contributed by atoms with Crippen LogP contribution in [-0.4, -0.2) is 89.6 Å². The van der Waals surface area contributed by atoms with Gasteiger partial charge in [0.25, 0.3) is 0 Å². The first-order chi connectivity index (χ1) is 28.9. The lowest BCUT2D eigenvalue weighted by Crippen LogP contribution is -2.59. The van der Waals surface area contributed by atoms with E-state index in [9.17, 15) is 25.2 Å². The Hall–Kier alpha value is -1.85. The highest BCUT2D eigenvalue weighted by Crippen LogP contribution is 2.22. The summed E-state index contributed by atoms with van der Waals surface area (Å²) in [4.78, 5) is 12.8. The molecule has 59 heavy (non-hydrogen) atoms. The van der Waals surface area contributed by atoms with Gasteiger partial charge in [-0.1, -0.05) is 165 Å². The number of aliphatic hydroxyl groups excluding tert-OH is 4. The number of aliphatic hydroxyl groups is 4. The first-order valence-corrected chi connectivity index (χ1v) is 24.2. The van der Waals surface area contributed by atoms with Crippen LogP contribution in [0.15, 0.2) is 48.6 Å². The smallest absolute Gasteiger partial charge is 0.306 e. The lowest BCUT2D eigenvalue weighted by molar-refractivity contribution is -0.305. The van der Waals surface area contributed by atoms with Crippen LogP contribution >= 0.6 is 0 Å². The highest BCUT2D eigenvalue weighted by molar-refractivity contribution is 5.69. The van der Waals surface area contributed by atoms with Crippen molar-refractivity contribution in [2.75, 3.05) is 26.4 Å². The summed E-state index contributed by atoms with van der Waals surface area (Å²) in [5, 5.41) is 40.2. The molecule has 1 aliphatic heterocycles. The van der Waals surface area contributed by atoms with Crippen molar-refractivity contribution in [2.24, 2.45) is 0 Å². The summed E-state index contributed by atoms with van der Waals surface area (Å²) >= 11 is 0. The molecule has 0 saturated carbocycles. The van der Waals surface area contributed by atoms with Gasteiger partial charge >= 0.3 is 5.97 Å². The van der Waals surface area contributed by atoms with Crippen molar-refractivity contribution in [3.8, 4) is 0 Å². The van der Waals surface area contributed by atoms with Gasteiger partial charge in [0.15, 0.2) is 6.29 Å². The van der Waals surface area contributed by atoms with Gasteiger partial charge in [0.1, 0.15) is 30.5 Å². The number of unbranched alkanes of at least 4 members (excludes halogenated alkanes) is 22. The van der Waals surface area contributed by atoms with Crippen LogP contribution in [0.5, 0.6) is 0 Å². The third-order valence-electron chi connectivity index (χ3n) is 11.0. The van der Waals surface area contributed by atoms with E-state index in [-0.39, 0.29) is 19.2 Å². The Morgan fingerprint density at radius 1 is 0.542 bits per heavy atom. The molecule has 344 valence electrons. The normalized spacial score (nSPS) is 20.5. The Labute approximate surface area is 361 Å². The molecule has 1 aliphatic rings. The Kier molecular flexibility index (Phi) is 38.8. The second-order valence-electron chi connectivity index (χ2n) is 16.6. The first kappa shape index (κ1) is 55.2. The first-order valence-electron chi connectivity index (χ1n) is 24.2. The van der Waals surface area contributed by atoms with E-state index in [0.29, 0.717) is 13.0 Å². The minimum atomic E-state index is -1.54. The van der Waals surface area contributed by atoms with Crippen molar-refractivity contribution in [3.63, 3.8) is 0 Å². The maximum absolute atomic E-state index is 12.8. The molecule has 0 amide bonds. The number of rotatable bonds is 41. The molecule has 6 atom stereocenters. The Balaban J connectivity index is 2.25. The van der Waals surface area contributed by atoms with Crippen molar-refractivity contribution < 1.29 is 44.2 Å². The largest absolute Gasteiger partial charge is 0.457 e. The summed E-state index contributed by atoms with van der Waals surface area (Å²) in [7, 11) is 0. The average Bonchev–Trinajstić information content (AvgIpc) is 3.24. The summed E-state index contributed by atoms with van der Waals surface area (Å²) in [6.45, 7) is 4.52. The van der Waals surface area contributed by atoms with Crippen LogP contribution in [0.1, 0.15) is 200 Å². The molecule has 0 radical (unpaired) electrons. The zero-order chi connectivity index (χ0) is 42.9. The molecule has 0 aromatic heterocycles. The standard InChI is InChI=1S/C50H90O9/c1-3-5-7-9-11-13-15-17-19-20-21-22-23-24-25-27-29-31-33-35-37-39-46(52)58-44(43-57-50-49(55)48(54)47(53)45(41-51)59-50)42-56-40-38-36-34-32-30-28-26-18-16-14-12-10-8-6-4-2/h15-18,20-21,23-24,44-45,47-51,53-55H,3-14,19,22,25-43H2,1-2H3/b17-15-,18-16-,21-20-,24-23-. The van der Waals surface area contributed by atoms with E-state index < -0.39 is 43.4 Å². The summed E-state index contributed by atoms with van der Waals surface area (Å²) in [5.41, 5.74) is 0. The molecule has 1 fully saturated rings. The van der Waals surface area contributed by atoms with Gasteiger partial charge in [-0.3, -0.25) is 4.79 Å². The minimum Gasteiger partial charge on any atom is -0.457 e. The molecule has 0 aromatic carbocycles. The van der Waals surface area contributed by atoms with Crippen molar-refractivity contribution in [1.29, 1.82) is 0 Å². The third kappa shape index (κ3) is 32.5. The summed E-state index contributed by atoms with van der Waals surface area (Å²) < 4.78 is 22.8. The minimum absolute atomic E-state index is 0.122. The van der Waals surface area contributed by atoms with Gasteiger partial charge in [-0.05, 0) is 77.0 Å². The number of carbonyl (C=O) groups excluding carboxylic acids is 1. The fraction of sp³-hybridized carbons (Fsp3) is 0.820. The molecule has 0 aromatic rings. The maximum atomic E-state index is 12.8. The summed E-state index contributed by atoms with van der Waals surface area (Å²) in [6.07, 6.45) is 44.2. The van der Waals surface area contributed by atoms with Gasteiger partial charge in [0.05, 0.1) is 19.8 Å². The third-order valence-corrected chi connectivity index (χ3v) is 11.0. The van der Waals surface area contributed by atoms with Crippen molar-refractivity contribution >= 4 is 5.97 Å². The van der Waals surface area contributed by atoms with Gasteiger partial charge in [0.2, 0.25) is 0 Å². The highest BCUT2D eigenvalue weighted by Gasteiger charge is 2.44. The quantitative estimate of drug-likeness (QED) is 0.0270. The van der Waals surface area contributed by atoms with Crippen molar-refractivity contribution in [2.45, 2.75) is 237 Å². The fourth-order valence-electron chi connectivity index (χ4n) is 7.14. The molecule has 1 saturated heterocycles. The molecular formula is C50H90O9. The molecule has 0 spiro atoms. The van der Waals surface area contributed by atoms with Crippen LogP contribution in [-0.2, 0) is 23.7 Å². The van der Waals surface area contributed by atoms with Crippen LogP contribution in [0, 0.1) is 0 Å². The molecule has 1 rings (SSSR count). The van der Waals surface area contributed by atoms with Crippen molar-refractivity contribution in [1.82, 2.24) is 0 Å². The lowest BCUT2D eigenvalue weighted by Gasteiger charge is -2.39. The summed E-state index contributed by atoms with van der Waals surface area (Å²) in [5.74, 6) is -0.328. The van der Waals surface area contributed by atoms with E-state index in [2.05, 4.69) is 62.5 Å². The van der Waals surface area contributed by atoms with E-state index in [1.807, 2.05) is 0 Å². The average molecular weight is 835 g/mol. The molecule has 0 aliphatic carbocycles. The van der Waals surface area contributed by atoms with Gasteiger partial charge in [0, 0.05) is 13.0 Å². The molecule has 9 heteroatoms. The van der Waals surface area contributed by atoms with Crippen LogP contribution in [0.2, 0.25) is 0 Å². The van der Waals surface area contributed by atoms with Gasteiger partial charge in [-0.2, -0.15) is 0 Å². The van der Waals surface area contributed by atoms with Crippen LogP contribution < -0.4 is 0 Å². The van der Waals surface area contributed by atoms with E-state index in [4.69, 9.17) is 18.9 Å². The molecule has 9 nitrogen and oxygen atoms in total. The second-order valence-corrected chi connectivity index (χ2v) is 16.6. The van der Waals surface area contributed by atoms with E-state index in [0.717, 1.165) is 70.6 Å². The SMILES string of the molecule is CCCCCCC/C=C\C/C=C\C/C=C\CCCCCCCCC(=O)OC(COCCCCCCCC/C=C\CCCCCCC)COC1OC(CO)C(O)C(O)C1O. The van der Waals surface area contributed by atoms with Gasteiger partial charge < -0.3 is 39.4 Å². The highest BCUT2D eigenvalue weighted by atomic mass is 16.7. The van der Waals surface area contributed by atoms with Gasteiger partial charge in [-0.15, -0.1) is 0 Å². The second kappa shape index (κ2) is 41.5. The Morgan fingerprint density at radius 3 is 1.49 bits per heavy atom. The number of carbonyl (C=O) groups is 1. The summed E-state index contributed by atoms with van der Waals surface area (Å²) in [6, 6.07) is 0. The Morgan fingerprint density at radius 2 is 0.983 bits per heavy atom. The molecular weight excluding hydrogens is 745 g/mol. The predicted molar refractivity (Wildman–Crippen MR) is 242 cm³/mol. The fourth-order valence-corrected chi connectivity index (χ4v) is 7.14. The van der Waals surface area contributed by atoms with Crippen molar-refractivity contribution in [3.05, 3.63) is 48.6 Å². The van der Waals surface area contributed by atoms with Crippen LogP contribution in [0.3, 0.4) is 0 Å². The number of allylic oxidation sites excluding steroid dienone is 8.